The van der Waals surface area contributed by atoms with E-state index in [0.29, 0.717) is 18.9 Å². The summed E-state index contributed by atoms with van der Waals surface area (Å²) in [6.45, 7) is 4.85. The van der Waals surface area contributed by atoms with Crippen LogP contribution in [0.5, 0.6) is 0 Å². The highest BCUT2D eigenvalue weighted by Crippen LogP contribution is 2.22. The Morgan fingerprint density at radius 2 is 1.63 bits per heavy atom. The molecule has 1 saturated heterocycles. The number of nitrogens with zero attached hydrogens (tertiary/aromatic N) is 1. The van der Waals surface area contributed by atoms with E-state index in [9.17, 15) is 4.79 Å². The second-order valence-corrected chi connectivity index (χ2v) is 5.88. The van der Waals surface area contributed by atoms with Crippen molar-refractivity contribution in [2.75, 3.05) is 26.7 Å². The Kier molecular flexibility index (Phi) is 8.89. The van der Waals surface area contributed by atoms with Crippen LogP contribution in [0.15, 0.2) is 0 Å². The van der Waals surface area contributed by atoms with Crippen molar-refractivity contribution in [1.82, 2.24) is 4.90 Å². The largest absolute Gasteiger partial charge is 0.466 e. The molecule has 1 heterocycles. The van der Waals surface area contributed by atoms with Gasteiger partial charge in [0.2, 0.25) is 0 Å². The van der Waals surface area contributed by atoms with Crippen LogP contribution in [-0.4, -0.2) is 37.6 Å². The lowest BCUT2D eigenvalue weighted by Gasteiger charge is -2.20. The maximum Gasteiger partial charge on any atom is 0.306 e. The van der Waals surface area contributed by atoms with Gasteiger partial charge in [0.15, 0.2) is 0 Å². The van der Waals surface area contributed by atoms with Crippen LogP contribution >= 0.6 is 0 Å². The first-order chi connectivity index (χ1) is 9.22. The summed E-state index contributed by atoms with van der Waals surface area (Å²) in [7, 11) is 2.23. The van der Waals surface area contributed by atoms with Crippen molar-refractivity contribution >= 4 is 5.97 Å². The lowest BCUT2D eigenvalue weighted by atomic mass is 9.91. The van der Waals surface area contributed by atoms with E-state index < -0.39 is 0 Å². The maximum absolute atomic E-state index is 11.6. The second kappa shape index (κ2) is 10.2. The fourth-order valence-electron chi connectivity index (χ4n) is 2.90. The zero-order valence-electron chi connectivity index (χ0n) is 12.8. The molecule has 1 aliphatic rings. The van der Waals surface area contributed by atoms with E-state index in [1.807, 2.05) is 6.92 Å². The molecule has 0 atom stereocenters. The summed E-state index contributed by atoms with van der Waals surface area (Å²) in [5.74, 6) is 0.551. The normalized spacial score (nSPS) is 21.4. The first-order valence-corrected chi connectivity index (χ1v) is 8.06. The van der Waals surface area contributed by atoms with E-state index in [1.165, 1.54) is 64.5 Å². The number of carbonyl (C=O) groups excluding carboxylic acids is 1. The fraction of sp³-hybridized carbons (Fsp3) is 0.938. The highest BCUT2D eigenvalue weighted by molar-refractivity contribution is 5.69. The van der Waals surface area contributed by atoms with E-state index in [2.05, 4.69) is 11.9 Å². The zero-order chi connectivity index (χ0) is 13.9. The van der Waals surface area contributed by atoms with Crippen molar-refractivity contribution in [2.24, 2.45) is 5.92 Å². The van der Waals surface area contributed by atoms with E-state index in [0.717, 1.165) is 0 Å². The van der Waals surface area contributed by atoms with Gasteiger partial charge in [0.1, 0.15) is 0 Å². The van der Waals surface area contributed by atoms with Crippen molar-refractivity contribution in [2.45, 2.75) is 64.7 Å². The molecule has 0 bridgehead atoms. The summed E-state index contributed by atoms with van der Waals surface area (Å²) in [5, 5.41) is 0. The minimum Gasteiger partial charge on any atom is -0.466 e. The molecule has 0 aromatic heterocycles. The number of hydrogen-bond acceptors (Lipinski definition) is 3. The molecule has 0 aliphatic carbocycles. The molecule has 1 rings (SSSR count). The third kappa shape index (κ3) is 8.25. The SMILES string of the molecule is CCOC(=O)CC1CCCCCN(C)CCCCC1. The van der Waals surface area contributed by atoms with E-state index in [-0.39, 0.29) is 5.97 Å². The third-order valence-corrected chi connectivity index (χ3v) is 4.07. The summed E-state index contributed by atoms with van der Waals surface area (Å²) in [6.07, 6.45) is 10.7. The lowest BCUT2D eigenvalue weighted by molar-refractivity contribution is -0.144. The molecule has 0 aromatic carbocycles. The predicted molar refractivity (Wildman–Crippen MR) is 79.2 cm³/mol. The van der Waals surface area contributed by atoms with Gasteiger partial charge in [-0.2, -0.15) is 0 Å². The van der Waals surface area contributed by atoms with Crippen LogP contribution in [-0.2, 0) is 9.53 Å². The molecule has 3 heteroatoms. The van der Waals surface area contributed by atoms with Crippen molar-refractivity contribution in [3.63, 3.8) is 0 Å². The minimum absolute atomic E-state index is 0.000623. The van der Waals surface area contributed by atoms with Gasteiger partial charge < -0.3 is 9.64 Å². The lowest BCUT2D eigenvalue weighted by Crippen LogP contribution is -2.21. The van der Waals surface area contributed by atoms with Crippen LogP contribution in [0.3, 0.4) is 0 Å². The van der Waals surface area contributed by atoms with E-state index >= 15 is 0 Å². The minimum atomic E-state index is -0.000623. The molecule has 0 amide bonds. The topological polar surface area (TPSA) is 29.5 Å². The molecule has 0 N–H and O–H groups in total. The Labute approximate surface area is 118 Å². The van der Waals surface area contributed by atoms with Gasteiger partial charge in [0, 0.05) is 6.42 Å². The summed E-state index contributed by atoms with van der Waals surface area (Å²) in [6, 6.07) is 0. The van der Waals surface area contributed by atoms with Gasteiger partial charge in [-0.1, -0.05) is 25.7 Å². The summed E-state index contributed by atoms with van der Waals surface area (Å²) < 4.78 is 5.09. The Balaban J connectivity index is 2.32. The Morgan fingerprint density at radius 3 is 2.16 bits per heavy atom. The monoisotopic (exact) mass is 269 g/mol. The molecule has 0 aromatic rings. The molecule has 0 unspecified atom stereocenters. The maximum atomic E-state index is 11.6. The Hall–Kier alpha value is -0.570. The van der Waals surface area contributed by atoms with Crippen molar-refractivity contribution in [3.05, 3.63) is 0 Å². The van der Waals surface area contributed by atoms with Crippen LogP contribution < -0.4 is 0 Å². The standard InChI is InChI=1S/C16H31NO2/c1-3-19-16(18)14-15-10-6-4-8-12-17(2)13-9-5-7-11-15/h15H,3-14H2,1-2H3. The molecular formula is C16H31NO2. The van der Waals surface area contributed by atoms with Gasteiger partial charge in [-0.25, -0.2) is 0 Å². The average Bonchev–Trinajstić information content (AvgIpc) is 2.36. The molecule has 3 nitrogen and oxygen atoms in total. The zero-order valence-corrected chi connectivity index (χ0v) is 12.8. The number of rotatable bonds is 3. The Morgan fingerprint density at radius 1 is 1.05 bits per heavy atom. The molecule has 1 aliphatic heterocycles. The van der Waals surface area contributed by atoms with Gasteiger partial charge in [-0.15, -0.1) is 0 Å². The van der Waals surface area contributed by atoms with Gasteiger partial charge in [-0.05, 0) is 58.7 Å². The van der Waals surface area contributed by atoms with Gasteiger partial charge in [-0.3, -0.25) is 4.79 Å². The quantitative estimate of drug-likeness (QED) is 0.733. The molecule has 0 spiro atoms. The van der Waals surface area contributed by atoms with Crippen LogP contribution in [0.1, 0.15) is 64.7 Å². The molecule has 1 fully saturated rings. The predicted octanol–water partition coefficient (Wildman–Crippen LogP) is 3.62. The highest BCUT2D eigenvalue weighted by Gasteiger charge is 2.15. The van der Waals surface area contributed by atoms with Crippen molar-refractivity contribution < 1.29 is 9.53 Å². The number of hydrogen-bond donors (Lipinski definition) is 0. The molecule has 0 saturated carbocycles. The summed E-state index contributed by atoms with van der Waals surface area (Å²) in [4.78, 5) is 14.1. The smallest absolute Gasteiger partial charge is 0.306 e. The third-order valence-electron chi connectivity index (χ3n) is 4.07. The first-order valence-electron chi connectivity index (χ1n) is 8.06. The van der Waals surface area contributed by atoms with Gasteiger partial charge in [0.05, 0.1) is 6.61 Å². The van der Waals surface area contributed by atoms with E-state index in [4.69, 9.17) is 4.74 Å². The molecular weight excluding hydrogens is 238 g/mol. The second-order valence-electron chi connectivity index (χ2n) is 5.88. The highest BCUT2D eigenvalue weighted by atomic mass is 16.5. The van der Waals surface area contributed by atoms with Crippen LogP contribution in [0.4, 0.5) is 0 Å². The van der Waals surface area contributed by atoms with Crippen molar-refractivity contribution in [1.29, 1.82) is 0 Å². The summed E-state index contributed by atoms with van der Waals surface area (Å²) >= 11 is 0. The molecule has 0 radical (unpaired) electrons. The van der Waals surface area contributed by atoms with E-state index in [1.54, 1.807) is 0 Å². The number of ether oxygens (including phenoxy) is 1. The first kappa shape index (κ1) is 16.5. The van der Waals surface area contributed by atoms with Crippen molar-refractivity contribution in [3.8, 4) is 0 Å². The molecule has 19 heavy (non-hydrogen) atoms. The van der Waals surface area contributed by atoms with Gasteiger partial charge >= 0.3 is 5.97 Å². The van der Waals surface area contributed by atoms with Crippen LogP contribution in [0, 0.1) is 5.92 Å². The number of carbonyl (C=O) groups is 1. The van der Waals surface area contributed by atoms with Crippen LogP contribution in [0.2, 0.25) is 0 Å². The van der Waals surface area contributed by atoms with Crippen LogP contribution in [0.25, 0.3) is 0 Å². The number of esters is 1. The fourth-order valence-corrected chi connectivity index (χ4v) is 2.90. The Bertz CT molecular complexity index is 229. The van der Waals surface area contributed by atoms with Gasteiger partial charge in [0.25, 0.3) is 0 Å². The molecule has 112 valence electrons. The summed E-state index contributed by atoms with van der Waals surface area (Å²) in [5.41, 5.74) is 0. The average molecular weight is 269 g/mol.